The molecular formula is C15H28N2O3. The van der Waals surface area contributed by atoms with Crippen molar-refractivity contribution in [1.29, 1.82) is 0 Å². The number of aliphatic carboxylic acids is 1. The summed E-state index contributed by atoms with van der Waals surface area (Å²) in [5.74, 6) is -1.28. The number of carboxylic acids is 1. The van der Waals surface area contributed by atoms with Gasteiger partial charge in [0.25, 0.3) is 0 Å². The summed E-state index contributed by atoms with van der Waals surface area (Å²) in [6.45, 7) is 6.77. The largest absolute Gasteiger partial charge is 0.481 e. The Labute approximate surface area is 121 Å². The van der Waals surface area contributed by atoms with E-state index in [1.807, 2.05) is 0 Å². The fourth-order valence-corrected chi connectivity index (χ4v) is 2.61. The second-order valence-corrected chi connectivity index (χ2v) is 6.68. The molecule has 0 aromatic carbocycles. The average molecular weight is 284 g/mol. The zero-order chi connectivity index (χ0) is 15.2. The predicted molar refractivity (Wildman–Crippen MR) is 78.5 cm³/mol. The van der Waals surface area contributed by atoms with Gasteiger partial charge >= 0.3 is 5.97 Å². The van der Waals surface area contributed by atoms with Crippen molar-refractivity contribution in [3.63, 3.8) is 0 Å². The van der Waals surface area contributed by atoms with E-state index in [2.05, 4.69) is 31.4 Å². The highest BCUT2D eigenvalue weighted by Crippen LogP contribution is 2.23. The maximum absolute atomic E-state index is 11.9. The van der Waals surface area contributed by atoms with Crippen molar-refractivity contribution in [2.45, 2.75) is 70.9 Å². The third kappa shape index (κ3) is 6.37. The molecule has 20 heavy (non-hydrogen) atoms. The summed E-state index contributed by atoms with van der Waals surface area (Å²) in [7, 11) is 0. The molecule has 3 N–H and O–H groups in total. The van der Waals surface area contributed by atoms with Gasteiger partial charge in [-0.15, -0.1) is 0 Å². The Morgan fingerprint density at radius 3 is 2.40 bits per heavy atom. The number of carbonyl (C=O) groups excluding carboxylic acids is 1. The van der Waals surface area contributed by atoms with E-state index in [0.29, 0.717) is 19.4 Å². The van der Waals surface area contributed by atoms with Crippen molar-refractivity contribution in [2.75, 3.05) is 6.54 Å². The molecule has 1 aliphatic rings. The number of hydrogen-bond acceptors (Lipinski definition) is 3. The lowest BCUT2D eigenvalue weighted by atomic mass is 9.95. The summed E-state index contributed by atoms with van der Waals surface area (Å²) in [6.07, 6.45) is 4.82. The Balaban J connectivity index is 2.43. The highest BCUT2D eigenvalue weighted by molar-refractivity contribution is 5.78. The minimum absolute atomic E-state index is 0.00774. The summed E-state index contributed by atoms with van der Waals surface area (Å²) in [4.78, 5) is 23.2. The molecule has 1 fully saturated rings. The molecule has 0 saturated heterocycles. The van der Waals surface area contributed by atoms with Crippen LogP contribution < -0.4 is 10.6 Å². The highest BCUT2D eigenvalue weighted by atomic mass is 16.4. The zero-order valence-electron chi connectivity index (χ0n) is 12.9. The van der Waals surface area contributed by atoms with Gasteiger partial charge in [0, 0.05) is 24.5 Å². The fraction of sp³-hybridized carbons (Fsp3) is 0.867. The van der Waals surface area contributed by atoms with Gasteiger partial charge in [-0.3, -0.25) is 9.59 Å². The monoisotopic (exact) mass is 284 g/mol. The van der Waals surface area contributed by atoms with Gasteiger partial charge < -0.3 is 15.7 Å². The summed E-state index contributed by atoms with van der Waals surface area (Å²) >= 11 is 0. The third-order valence-electron chi connectivity index (χ3n) is 3.69. The molecule has 1 rings (SSSR count). The second-order valence-electron chi connectivity index (χ2n) is 6.68. The van der Waals surface area contributed by atoms with Crippen LogP contribution in [-0.4, -0.2) is 35.1 Å². The van der Waals surface area contributed by atoms with E-state index in [0.717, 1.165) is 25.7 Å². The van der Waals surface area contributed by atoms with Gasteiger partial charge in [-0.05, 0) is 33.6 Å². The first-order valence-corrected chi connectivity index (χ1v) is 7.57. The first kappa shape index (κ1) is 17.0. The van der Waals surface area contributed by atoms with Crippen molar-refractivity contribution in [3.8, 4) is 0 Å². The van der Waals surface area contributed by atoms with Crippen molar-refractivity contribution < 1.29 is 14.7 Å². The molecule has 5 heteroatoms. The summed E-state index contributed by atoms with van der Waals surface area (Å²) in [6, 6.07) is -0.211. The van der Waals surface area contributed by atoms with Gasteiger partial charge in [-0.2, -0.15) is 0 Å². The van der Waals surface area contributed by atoms with E-state index < -0.39 is 11.9 Å². The molecule has 0 aromatic heterocycles. The maximum Gasteiger partial charge on any atom is 0.308 e. The van der Waals surface area contributed by atoms with Crippen LogP contribution in [-0.2, 0) is 9.59 Å². The Morgan fingerprint density at radius 1 is 1.15 bits per heavy atom. The minimum Gasteiger partial charge on any atom is -0.481 e. The molecule has 2 atom stereocenters. The Morgan fingerprint density at radius 2 is 1.80 bits per heavy atom. The third-order valence-corrected chi connectivity index (χ3v) is 3.69. The molecule has 1 aliphatic carbocycles. The molecule has 0 aromatic rings. The molecule has 0 radical (unpaired) electrons. The fourth-order valence-electron chi connectivity index (χ4n) is 2.61. The molecule has 1 saturated carbocycles. The van der Waals surface area contributed by atoms with E-state index >= 15 is 0 Å². The topological polar surface area (TPSA) is 78.4 Å². The van der Waals surface area contributed by atoms with Crippen molar-refractivity contribution in [3.05, 3.63) is 0 Å². The standard InChI is InChI=1S/C15H28N2O3/c1-15(2,3)16-10-9-13(18)17-12-8-6-4-5-7-11(12)14(19)20/h11-12,16H,4-10H2,1-3H3,(H,17,18)(H,19,20). The quantitative estimate of drug-likeness (QED) is 0.674. The van der Waals surface area contributed by atoms with Crippen molar-refractivity contribution in [2.24, 2.45) is 5.92 Å². The summed E-state index contributed by atoms with van der Waals surface area (Å²) in [5, 5.41) is 15.4. The van der Waals surface area contributed by atoms with Crippen LogP contribution in [0.5, 0.6) is 0 Å². The molecule has 1 amide bonds. The van der Waals surface area contributed by atoms with E-state index in [4.69, 9.17) is 0 Å². The van der Waals surface area contributed by atoms with Gasteiger partial charge in [-0.1, -0.05) is 19.3 Å². The normalized spacial score (nSPS) is 23.9. The van der Waals surface area contributed by atoms with E-state index in [-0.39, 0.29) is 17.5 Å². The number of carboxylic acid groups (broad SMARTS) is 1. The Hall–Kier alpha value is -1.10. The van der Waals surface area contributed by atoms with Gasteiger partial charge in [0.1, 0.15) is 0 Å². The lowest BCUT2D eigenvalue weighted by Gasteiger charge is -2.24. The van der Waals surface area contributed by atoms with Crippen LogP contribution in [0.25, 0.3) is 0 Å². The number of amides is 1. The van der Waals surface area contributed by atoms with E-state index in [9.17, 15) is 14.7 Å². The molecule has 0 bridgehead atoms. The smallest absolute Gasteiger partial charge is 0.308 e. The molecule has 116 valence electrons. The summed E-state index contributed by atoms with van der Waals surface area (Å²) < 4.78 is 0. The van der Waals surface area contributed by atoms with Crippen LogP contribution in [0, 0.1) is 5.92 Å². The lowest BCUT2D eigenvalue weighted by Crippen LogP contribution is -2.44. The van der Waals surface area contributed by atoms with Crippen LogP contribution in [0.2, 0.25) is 0 Å². The number of nitrogens with one attached hydrogen (secondary N) is 2. The number of hydrogen-bond donors (Lipinski definition) is 3. The minimum atomic E-state index is -0.787. The number of carbonyl (C=O) groups is 2. The van der Waals surface area contributed by atoms with E-state index in [1.165, 1.54) is 0 Å². The Bertz CT molecular complexity index is 337. The van der Waals surface area contributed by atoms with Gasteiger partial charge in [0.2, 0.25) is 5.91 Å². The average Bonchev–Trinajstić information content (AvgIpc) is 2.52. The molecule has 2 unspecified atom stereocenters. The first-order chi connectivity index (χ1) is 9.29. The van der Waals surface area contributed by atoms with Crippen LogP contribution in [0.4, 0.5) is 0 Å². The SMILES string of the molecule is CC(C)(C)NCCC(=O)NC1CCCCCC1C(=O)O. The molecule has 0 heterocycles. The highest BCUT2D eigenvalue weighted by Gasteiger charge is 2.30. The van der Waals surface area contributed by atoms with Gasteiger partial charge in [0.05, 0.1) is 5.92 Å². The number of rotatable bonds is 5. The van der Waals surface area contributed by atoms with Crippen LogP contribution in [0.3, 0.4) is 0 Å². The molecular weight excluding hydrogens is 256 g/mol. The molecule has 0 aliphatic heterocycles. The van der Waals surface area contributed by atoms with Crippen molar-refractivity contribution in [1.82, 2.24) is 10.6 Å². The summed E-state index contributed by atoms with van der Waals surface area (Å²) in [5.41, 5.74) is -0.00774. The first-order valence-electron chi connectivity index (χ1n) is 7.57. The Kier molecular flexibility index (Phi) is 6.46. The predicted octanol–water partition coefficient (Wildman–Crippen LogP) is 1.91. The maximum atomic E-state index is 11.9. The van der Waals surface area contributed by atoms with Gasteiger partial charge in [0.15, 0.2) is 0 Å². The van der Waals surface area contributed by atoms with E-state index in [1.54, 1.807) is 0 Å². The van der Waals surface area contributed by atoms with Crippen LogP contribution in [0.15, 0.2) is 0 Å². The van der Waals surface area contributed by atoms with Gasteiger partial charge in [-0.25, -0.2) is 0 Å². The van der Waals surface area contributed by atoms with Crippen LogP contribution >= 0.6 is 0 Å². The molecule has 0 spiro atoms. The van der Waals surface area contributed by atoms with Crippen molar-refractivity contribution >= 4 is 11.9 Å². The van der Waals surface area contributed by atoms with Crippen LogP contribution in [0.1, 0.15) is 59.3 Å². The zero-order valence-corrected chi connectivity index (χ0v) is 12.9. The lowest BCUT2D eigenvalue weighted by molar-refractivity contribution is -0.143. The molecule has 5 nitrogen and oxygen atoms in total. The second kappa shape index (κ2) is 7.62.